The van der Waals surface area contributed by atoms with Crippen LogP contribution in [0, 0.1) is 11.3 Å². The van der Waals surface area contributed by atoms with Crippen LogP contribution in [-0.4, -0.2) is 106 Å². The zero-order chi connectivity index (χ0) is 49.1. The van der Waals surface area contributed by atoms with Gasteiger partial charge in [-0.1, -0.05) is 50.8 Å². The average molecular weight is 927 g/mol. The van der Waals surface area contributed by atoms with Crippen LogP contribution in [0.1, 0.15) is 110 Å². The first-order valence-electron chi connectivity index (χ1n) is 24.1. The number of aliphatic imine (C=N–C) groups is 2. The number of amides is 3. The molecule has 3 amide bonds. The van der Waals surface area contributed by atoms with Crippen molar-refractivity contribution in [2.24, 2.45) is 21.3 Å². The van der Waals surface area contributed by atoms with Crippen LogP contribution in [0.15, 0.2) is 82.9 Å². The summed E-state index contributed by atoms with van der Waals surface area (Å²) >= 11 is 0. The fraction of sp³-hybridized carbons (Fsp3) is 0.519. The Balaban J connectivity index is 1.26. The van der Waals surface area contributed by atoms with Gasteiger partial charge in [0.1, 0.15) is 18.1 Å². The summed E-state index contributed by atoms with van der Waals surface area (Å²) in [6.07, 6.45) is 5.17. The number of hydrogen-bond donors (Lipinski definition) is 2. The van der Waals surface area contributed by atoms with E-state index < -0.39 is 41.3 Å². The van der Waals surface area contributed by atoms with Crippen LogP contribution in [0.4, 0.5) is 0 Å². The first kappa shape index (κ1) is 49.9. The first-order valence-corrected chi connectivity index (χ1v) is 24.1. The standard InChI is InChI=1S/C54H70N8O6/c1-12-61-45-23-21-37-29-41(45)42(48(61)40-18-14-24-55-46(40)34(4)67-11)30-54(8,9)31-68-52(66)43-19-15-25-62(59-43)51(65)44(27-35-16-13-17-36(37)26-35)58-49(63)47(33(2)3)60(10)50(64)38-20-22-39(28-38)56-32-57-53(5,6)7/h13-14,16-18,21,23-24,26,29,34,38-39,43-44,47,59H,2,12,15,19-20,22,25,27-28,30-31H2,1,3-11H3,(H,58,63)/t34-,38-,39-,43-,44-,47-/m0/s1. The highest BCUT2D eigenvalue weighted by Crippen LogP contribution is 2.42. The molecule has 6 atom stereocenters. The number of ether oxygens (including phenoxy) is 2. The molecule has 1 aliphatic carbocycles. The lowest BCUT2D eigenvalue weighted by molar-refractivity contribution is -0.155. The molecule has 1 saturated carbocycles. The number of methoxy groups -OCH3 is 1. The highest BCUT2D eigenvalue weighted by atomic mass is 16.5. The fourth-order valence-electron chi connectivity index (χ4n) is 9.94. The molecule has 14 heteroatoms. The molecule has 6 bridgehead atoms. The van der Waals surface area contributed by atoms with Crippen molar-refractivity contribution in [2.75, 3.05) is 27.3 Å². The lowest BCUT2D eigenvalue weighted by Crippen LogP contribution is -2.62. The second-order valence-corrected chi connectivity index (χ2v) is 20.7. The minimum Gasteiger partial charge on any atom is -0.464 e. The molecular formula is C54H70N8O6. The summed E-state index contributed by atoms with van der Waals surface area (Å²) in [5.41, 5.74) is 10.7. The zero-order valence-electron chi connectivity index (χ0n) is 41.6. The summed E-state index contributed by atoms with van der Waals surface area (Å²) in [5, 5.41) is 5.57. The van der Waals surface area contributed by atoms with Crippen LogP contribution < -0.4 is 10.7 Å². The van der Waals surface area contributed by atoms with Gasteiger partial charge in [-0.3, -0.25) is 29.2 Å². The Kier molecular flexibility index (Phi) is 15.2. The number of carbonyl (C=O) groups excluding carboxylic acids is 4. The summed E-state index contributed by atoms with van der Waals surface area (Å²) in [6, 6.07) is 18.5. The number of carbonyl (C=O) groups is 4. The minimum atomic E-state index is -1.06. The predicted octanol–water partition coefficient (Wildman–Crippen LogP) is 8.29. The van der Waals surface area contributed by atoms with Gasteiger partial charge < -0.3 is 24.3 Å². The average Bonchev–Trinajstić information content (AvgIpc) is 3.90. The van der Waals surface area contributed by atoms with Gasteiger partial charge >= 0.3 is 5.97 Å². The smallest absolute Gasteiger partial charge is 0.324 e. The van der Waals surface area contributed by atoms with Crippen molar-refractivity contribution < 1.29 is 28.7 Å². The molecular weight excluding hydrogens is 857 g/mol. The van der Waals surface area contributed by atoms with E-state index >= 15 is 0 Å². The summed E-state index contributed by atoms with van der Waals surface area (Å²) in [7, 11) is 3.31. The number of nitrogens with zero attached hydrogens (tertiary/aromatic N) is 6. The van der Waals surface area contributed by atoms with E-state index in [-0.39, 0.29) is 42.5 Å². The van der Waals surface area contributed by atoms with Gasteiger partial charge in [0.25, 0.3) is 5.91 Å². The van der Waals surface area contributed by atoms with E-state index in [1.807, 2.05) is 45.9 Å². The van der Waals surface area contributed by atoms with E-state index in [2.05, 4.69) is 95.1 Å². The number of cyclic esters (lactones) is 1. The summed E-state index contributed by atoms with van der Waals surface area (Å²) in [6.45, 7) is 21.3. The number of benzene rings is 2. The second-order valence-electron chi connectivity index (χ2n) is 20.7. The lowest BCUT2D eigenvalue weighted by atomic mass is 9.84. The number of fused-ring (bicyclic) bond motifs is 6. The number of aryl methyl sites for hydroxylation is 1. The molecule has 2 aromatic heterocycles. The van der Waals surface area contributed by atoms with Crippen LogP contribution in [0.3, 0.4) is 0 Å². The molecule has 1 saturated heterocycles. The molecule has 2 N–H and O–H groups in total. The first-order chi connectivity index (χ1) is 32.3. The molecule has 0 spiro atoms. The van der Waals surface area contributed by atoms with Crippen LogP contribution in [0.2, 0.25) is 0 Å². The number of hydrogen-bond acceptors (Lipinski definition) is 10. The molecule has 4 heterocycles. The molecule has 362 valence electrons. The van der Waals surface area contributed by atoms with Gasteiger partial charge in [0, 0.05) is 67.7 Å². The third kappa shape index (κ3) is 11.1. The number of likely N-dealkylation sites (N-methyl/N-ethyl adjacent to an activating group) is 1. The summed E-state index contributed by atoms with van der Waals surface area (Å²) < 4.78 is 14.3. The number of hydrazine groups is 1. The molecule has 0 unspecified atom stereocenters. The van der Waals surface area contributed by atoms with Crippen molar-refractivity contribution in [3.8, 4) is 22.4 Å². The zero-order valence-corrected chi connectivity index (χ0v) is 41.6. The summed E-state index contributed by atoms with van der Waals surface area (Å²) in [4.78, 5) is 72.4. The Morgan fingerprint density at radius 2 is 1.87 bits per heavy atom. The van der Waals surface area contributed by atoms with Gasteiger partial charge in [0.05, 0.1) is 41.7 Å². The maximum Gasteiger partial charge on any atom is 0.324 e. The van der Waals surface area contributed by atoms with Gasteiger partial charge in [-0.05, 0) is 132 Å². The Labute approximate surface area is 401 Å². The number of aromatic nitrogens is 2. The topological polar surface area (TPSA) is 160 Å². The van der Waals surface area contributed by atoms with E-state index in [0.29, 0.717) is 57.2 Å². The van der Waals surface area contributed by atoms with E-state index in [9.17, 15) is 19.2 Å². The number of nitrogens with one attached hydrogen (secondary N) is 2. The van der Waals surface area contributed by atoms with Gasteiger partial charge in [-0.2, -0.15) is 0 Å². The number of esters is 1. The number of rotatable bonds is 10. The molecule has 2 fully saturated rings. The van der Waals surface area contributed by atoms with Crippen molar-refractivity contribution in [1.29, 1.82) is 0 Å². The van der Waals surface area contributed by atoms with Crippen LogP contribution in [0.25, 0.3) is 33.3 Å². The highest BCUT2D eigenvalue weighted by Gasteiger charge is 2.39. The third-order valence-electron chi connectivity index (χ3n) is 13.5. The second kappa shape index (κ2) is 20.7. The molecule has 7 rings (SSSR count). The molecule has 2 aromatic carbocycles. The Bertz CT molecular complexity index is 2620. The minimum absolute atomic E-state index is 0.0883. The van der Waals surface area contributed by atoms with Crippen LogP contribution in [-0.2, 0) is 48.0 Å². The van der Waals surface area contributed by atoms with E-state index in [4.69, 9.17) is 14.5 Å². The predicted molar refractivity (Wildman–Crippen MR) is 266 cm³/mol. The van der Waals surface area contributed by atoms with Crippen molar-refractivity contribution in [1.82, 2.24) is 30.2 Å². The molecule has 0 radical (unpaired) electrons. The van der Waals surface area contributed by atoms with Gasteiger partial charge in [0.2, 0.25) is 11.8 Å². The summed E-state index contributed by atoms with van der Waals surface area (Å²) in [5.74, 6) is -1.89. The fourth-order valence-corrected chi connectivity index (χ4v) is 9.94. The van der Waals surface area contributed by atoms with Crippen molar-refractivity contribution in [3.63, 3.8) is 0 Å². The maximum atomic E-state index is 14.7. The number of pyridine rings is 1. The quantitative estimate of drug-likeness (QED) is 0.0914. The Morgan fingerprint density at radius 3 is 2.59 bits per heavy atom. The Hall–Kier alpha value is -5.95. The van der Waals surface area contributed by atoms with Gasteiger partial charge in [0.15, 0.2) is 0 Å². The molecule has 4 aromatic rings. The monoisotopic (exact) mass is 927 g/mol. The van der Waals surface area contributed by atoms with Crippen LogP contribution >= 0.6 is 0 Å². The van der Waals surface area contributed by atoms with Gasteiger partial charge in [-0.15, -0.1) is 0 Å². The third-order valence-corrected chi connectivity index (χ3v) is 13.5. The lowest BCUT2D eigenvalue weighted by Gasteiger charge is -2.36. The van der Waals surface area contributed by atoms with Crippen molar-refractivity contribution in [3.05, 3.63) is 89.8 Å². The highest BCUT2D eigenvalue weighted by molar-refractivity contribution is 5.96. The van der Waals surface area contributed by atoms with E-state index in [1.54, 1.807) is 27.3 Å². The van der Waals surface area contributed by atoms with E-state index in [1.165, 1.54) is 9.91 Å². The van der Waals surface area contributed by atoms with Crippen LogP contribution in [0.5, 0.6) is 0 Å². The van der Waals surface area contributed by atoms with Crippen molar-refractivity contribution in [2.45, 2.75) is 143 Å². The van der Waals surface area contributed by atoms with E-state index in [0.717, 1.165) is 50.1 Å². The SMILES string of the molecule is C=C(C)[C@@H](C(=O)N[C@H]1Cc2cccc(c2)-c2ccc3c(c2)c(c(-c2cccnc2[C@H](C)OC)n3CC)CC(C)(C)COC(=O)[C@@H]2CCCN(N2)C1=O)N(C)C(=O)[C@H]1CC[C@H](N=C=NC(C)(C)C)C1. The molecule has 3 aliphatic rings. The normalized spacial score (nSPS) is 21.8. The largest absolute Gasteiger partial charge is 0.464 e. The van der Waals surface area contributed by atoms with Gasteiger partial charge in [-0.25, -0.2) is 15.4 Å². The van der Waals surface area contributed by atoms with Crippen molar-refractivity contribution >= 4 is 40.6 Å². The maximum absolute atomic E-state index is 14.7. The molecule has 2 aliphatic heterocycles. The Morgan fingerprint density at radius 1 is 1.10 bits per heavy atom. The molecule has 14 nitrogen and oxygen atoms in total. The molecule has 68 heavy (non-hydrogen) atoms.